The SMILES string of the molecule is Cc1cc(F)cnc1C(=O)Nc1ccc(F)c([C@@]2(C)N=C(NC(=O)OC(C)(C)C)C(C)(C)S3(=O)=NCC(F)(F)CC23)n1. The van der Waals surface area contributed by atoms with E-state index in [1.54, 1.807) is 20.8 Å². The van der Waals surface area contributed by atoms with Gasteiger partial charge in [-0.05, 0) is 72.2 Å². The molecule has 2 aromatic heterocycles. The summed E-state index contributed by atoms with van der Waals surface area (Å²) in [5.74, 6) is -6.20. The minimum Gasteiger partial charge on any atom is -0.444 e. The molecule has 0 saturated heterocycles. The zero-order chi connectivity index (χ0) is 31.5. The summed E-state index contributed by atoms with van der Waals surface area (Å²) in [5.41, 5.74) is -3.35. The Morgan fingerprint density at radius 2 is 1.79 bits per heavy atom. The van der Waals surface area contributed by atoms with Crippen molar-refractivity contribution < 1.29 is 36.1 Å². The number of aromatic nitrogens is 2. The number of alkyl halides is 2. The van der Waals surface area contributed by atoms with E-state index < -0.39 is 79.1 Å². The van der Waals surface area contributed by atoms with Crippen LogP contribution in [0.15, 0.2) is 33.8 Å². The van der Waals surface area contributed by atoms with Gasteiger partial charge in [0, 0.05) is 6.42 Å². The number of halogens is 4. The molecule has 2 amide bonds. The highest BCUT2D eigenvalue weighted by Gasteiger charge is 2.61. The average Bonchev–Trinajstić information content (AvgIpc) is 2.84. The molecular formula is C27H32F4N6O4S. The number of nitrogens with one attached hydrogen (secondary N) is 2. The van der Waals surface area contributed by atoms with Crippen LogP contribution in [0.3, 0.4) is 0 Å². The molecule has 15 heteroatoms. The monoisotopic (exact) mass is 612 g/mol. The highest BCUT2D eigenvalue weighted by Crippen LogP contribution is 2.50. The number of amides is 2. The Labute approximate surface area is 240 Å². The first-order valence-corrected chi connectivity index (χ1v) is 14.6. The highest BCUT2D eigenvalue weighted by molar-refractivity contribution is 7.96. The molecule has 4 heterocycles. The number of aryl methyl sites for hydroxylation is 1. The Balaban J connectivity index is 1.86. The maximum absolute atomic E-state index is 15.5. The van der Waals surface area contributed by atoms with Crippen molar-refractivity contribution in [2.45, 2.75) is 81.9 Å². The van der Waals surface area contributed by atoms with Crippen LogP contribution < -0.4 is 10.6 Å². The van der Waals surface area contributed by atoms with Gasteiger partial charge in [-0.15, -0.1) is 0 Å². The Kier molecular flexibility index (Phi) is 7.66. The van der Waals surface area contributed by atoms with Crippen LogP contribution in [0.2, 0.25) is 0 Å². The third-order valence-electron chi connectivity index (χ3n) is 7.08. The van der Waals surface area contributed by atoms with Gasteiger partial charge in [-0.25, -0.2) is 40.9 Å². The van der Waals surface area contributed by atoms with Crippen molar-refractivity contribution in [1.82, 2.24) is 15.3 Å². The van der Waals surface area contributed by atoms with E-state index in [0.717, 1.165) is 24.4 Å². The number of anilines is 1. The van der Waals surface area contributed by atoms with Gasteiger partial charge in [0.25, 0.3) is 11.8 Å². The number of pyridine rings is 2. The quantitative estimate of drug-likeness (QED) is 0.462. The number of carbonyl (C=O) groups is 2. The second kappa shape index (κ2) is 10.3. The molecule has 0 bridgehead atoms. The number of amidine groups is 1. The van der Waals surface area contributed by atoms with E-state index in [1.807, 2.05) is 0 Å². The number of rotatable bonds is 3. The molecule has 0 saturated carbocycles. The second-order valence-electron chi connectivity index (χ2n) is 11.9. The molecule has 2 N–H and O–H groups in total. The molecule has 2 aliphatic heterocycles. The van der Waals surface area contributed by atoms with Crippen molar-refractivity contribution in [2.24, 2.45) is 9.36 Å². The van der Waals surface area contributed by atoms with Gasteiger partial charge in [-0.3, -0.25) is 15.1 Å². The largest absolute Gasteiger partial charge is 0.444 e. The Hall–Kier alpha value is -3.62. The first-order valence-electron chi connectivity index (χ1n) is 13.0. The predicted molar refractivity (Wildman–Crippen MR) is 148 cm³/mol. The van der Waals surface area contributed by atoms with E-state index in [1.165, 1.54) is 27.7 Å². The van der Waals surface area contributed by atoms with Gasteiger partial charge in [0.15, 0.2) is 0 Å². The maximum atomic E-state index is 15.5. The molecule has 2 aliphatic rings. The van der Waals surface area contributed by atoms with Gasteiger partial charge in [0.05, 0.1) is 21.2 Å². The molecular weight excluding hydrogens is 580 g/mol. The normalized spacial score (nSPS) is 26.3. The Morgan fingerprint density at radius 1 is 1.12 bits per heavy atom. The summed E-state index contributed by atoms with van der Waals surface area (Å²) in [4.78, 5) is 38.1. The van der Waals surface area contributed by atoms with Gasteiger partial charge in [0.2, 0.25) is 0 Å². The summed E-state index contributed by atoms with van der Waals surface area (Å²) < 4.78 is 80.9. The minimum atomic E-state index is -3.68. The van der Waals surface area contributed by atoms with E-state index in [0.29, 0.717) is 0 Å². The first kappa shape index (κ1) is 31.3. The van der Waals surface area contributed by atoms with Crippen LogP contribution in [0.5, 0.6) is 0 Å². The van der Waals surface area contributed by atoms with Crippen molar-refractivity contribution in [3.05, 3.63) is 53.0 Å². The number of aliphatic imine (C=N–C) groups is 1. The van der Waals surface area contributed by atoms with Crippen molar-refractivity contribution in [1.29, 1.82) is 0 Å². The summed E-state index contributed by atoms with van der Waals surface area (Å²) >= 11 is 0. The molecule has 0 spiro atoms. The third kappa shape index (κ3) is 5.70. The number of nitrogens with zero attached hydrogens (tertiary/aromatic N) is 4. The molecule has 2 unspecified atom stereocenters. The fraction of sp³-hybridized carbons (Fsp3) is 0.519. The molecule has 0 radical (unpaired) electrons. The fourth-order valence-electron chi connectivity index (χ4n) is 4.94. The van der Waals surface area contributed by atoms with Crippen LogP contribution in [-0.4, -0.2) is 60.1 Å². The van der Waals surface area contributed by atoms with E-state index >= 15 is 4.39 Å². The lowest BCUT2D eigenvalue weighted by molar-refractivity contribution is -0.00694. The van der Waals surface area contributed by atoms with E-state index in [-0.39, 0.29) is 22.9 Å². The lowest BCUT2D eigenvalue weighted by Crippen LogP contribution is -2.64. The van der Waals surface area contributed by atoms with Gasteiger partial charge >= 0.3 is 6.09 Å². The molecule has 0 aromatic carbocycles. The number of ether oxygens (including phenoxy) is 1. The van der Waals surface area contributed by atoms with Crippen LogP contribution in [0, 0.1) is 18.6 Å². The first-order chi connectivity index (χ1) is 19.2. The number of carbonyl (C=O) groups excluding carboxylic acids is 2. The van der Waals surface area contributed by atoms with Crippen LogP contribution in [0.1, 0.15) is 69.7 Å². The zero-order valence-electron chi connectivity index (χ0n) is 24.1. The molecule has 228 valence electrons. The maximum Gasteiger partial charge on any atom is 0.413 e. The van der Waals surface area contributed by atoms with Crippen LogP contribution in [0.25, 0.3) is 0 Å². The van der Waals surface area contributed by atoms with Gasteiger partial charge in [0.1, 0.15) is 57.1 Å². The van der Waals surface area contributed by atoms with Crippen molar-refractivity contribution in [3.63, 3.8) is 0 Å². The second-order valence-corrected chi connectivity index (χ2v) is 14.9. The summed E-state index contributed by atoms with van der Waals surface area (Å²) in [6.45, 7) is 9.49. The lowest BCUT2D eigenvalue weighted by Gasteiger charge is -2.49. The molecule has 2 aromatic rings. The van der Waals surface area contributed by atoms with Crippen LogP contribution in [0.4, 0.5) is 28.2 Å². The van der Waals surface area contributed by atoms with E-state index in [9.17, 15) is 27.0 Å². The third-order valence-corrected chi connectivity index (χ3v) is 10.6. The zero-order valence-corrected chi connectivity index (χ0v) is 25.0. The highest BCUT2D eigenvalue weighted by atomic mass is 32.2. The number of hydrogen-bond donors (Lipinski definition) is 2. The predicted octanol–water partition coefficient (Wildman–Crippen LogP) is 5.12. The Morgan fingerprint density at radius 3 is 2.40 bits per heavy atom. The molecule has 4 rings (SSSR count). The minimum absolute atomic E-state index is 0.120. The van der Waals surface area contributed by atoms with Gasteiger partial charge < -0.3 is 10.1 Å². The van der Waals surface area contributed by atoms with Crippen molar-refractivity contribution in [3.8, 4) is 0 Å². The lowest BCUT2D eigenvalue weighted by atomic mass is 9.88. The smallest absolute Gasteiger partial charge is 0.413 e. The van der Waals surface area contributed by atoms with Gasteiger partial charge in [-0.2, -0.15) is 0 Å². The topological polar surface area (TPSA) is 135 Å². The van der Waals surface area contributed by atoms with Gasteiger partial charge in [-0.1, -0.05) is 0 Å². The molecule has 10 nitrogen and oxygen atoms in total. The number of alkyl carbamates (subject to hydrolysis) is 1. The fourth-order valence-corrected chi connectivity index (χ4v) is 8.16. The van der Waals surface area contributed by atoms with E-state index in [2.05, 4.69) is 30.0 Å². The van der Waals surface area contributed by atoms with Crippen LogP contribution in [-0.2, 0) is 20.0 Å². The summed E-state index contributed by atoms with van der Waals surface area (Å²) in [6.07, 6.45) is -1.04. The van der Waals surface area contributed by atoms with Crippen LogP contribution >= 0.6 is 0 Å². The van der Waals surface area contributed by atoms with E-state index in [4.69, 9.17) is 4.74 Å². The molecule has 0 aliphatic carbocycles. The summed E-state index contributed by atoms with van der Waals surface area (Å²) in [5, 5.41) is 3.37. The number of hydrogen-bond acceptors (Lipinski definition) is 8. The average molecular weight is 613 g/mol. The summed E-state index contributed by atoms with van der Waals surface area (Å²) in [7, 11) is -3.68. The summed E-state index contributed by atoms with van der Waals surface area (Å²) in [6, 6.07) is 3.18. The molecule has 42 heavy (non-hydrogen) atoms. The standard InChI is InChI=1S/C27H32F4N6O4S/c1-14-10-15(28)12-32-19(14)21(38)35-18-9-8-16(29)20(34-18)26(7)17-11-27(30,31)13-33-42(17,40)25(5,6)22(37-26)36-23(39)41-24(2,3)4/h8-10,12,17H,11,13H2,1-7H3,(H,34,35,38)(H,36,37,39)/t17?,26-,42?/m0/s1. The number of fused-ring (bicyclic) bond motifs is 1. The Bertz CT molecular complexity index is 1610. The molecule has 3 atom stereocenters. The van der Waals surface area contributed by atoms with Crippen molar-refractivity contribution in [2.75, 3.05) is 11.9 Å². The molecule has 0 fully saturated rings. The van der Waals surface area contributed by atoms with Crippen molar-refractivity contribution >= 4 is 33.4 Å².